The summed E-state index contributed by atoms with van der Waals surface area (Å²) in [5.74, 6) is 0.215. The van der Waals surface area contributed by atoms with Gasteiger partial charge in [0.1, 0.15) is 17.1 Å². The molecule has 5 heterocycles. The number of amides is 1. The number of carboxylic acids is 1. The molecule has 7 heteroatoms. The van der Waals surface area contributed by atoms with Crippen LogP contribution >= 0.6 is 11.8 Å². The van der Waals surface area contributed by atoms with Crippen LogP contribution in [0, 0.1) is 5.92 Å². The third-order valence-electron chi connectivity index (χ3n) is 6.09. The minimum atomic E-state index is -1.04. The maximum Gasteiger partial charge on any atom is 0.352 e. The highest BCUT2D eigenvalue weighted by atomic mass is 32.2. The average Bonchev–Trinajstić information content (AvgIpc) is 2.61. The van der Waals surface area contributed by atoms with E-state index in [4.69, 9.17) is 5.73 Å². The molecular weight excluding hydrogens is 326 g/mol. The predicted octanol–water partition coefficient (Wildman–Crippen LogP) is 0.754. The monoisotopic (exact) mass is 350 g/mol. The van der Waals surface area contributed by atoms with Gasteiger partial charge in [-0.15, -0.1) is 11.8 Å². The molecule has 0 aliphatic carbocycles. The zero-order valence-electron chi connectivity index (χ0n) is 13.7. The lowest BCUT2D eigenvalue weighted by molar-refractivity contribution is -0.937. The number of carboxylic acid groups (broad SMARTS) is 1. The average molecular weight is 350 g/mol. The Bertz CT molecular complexity index is 623. The van der Waals surface area contributed by atoms with Gasteiger partial charge in [0.25, 0.3) is 0 Å². The number of thioether (sulfide) groups is 1. The van der Waals surface area contributed by atoms with Crippen molar-refractivity contribution >= 4 is 23.6 Å². The molecule has 0 aromatic heterocycles. The topological polar surface area (TPSA) is 83.6 Å². The maximum atomic E-state index is 11.9. The maximum absolute atomic E-state index is 11.9. The molecule has 4 fully saturated rings. The van der Waals surface area contributed by atoms with Crippen LogP contribution in [0.2, 0.25) is 0 Å². The van der Waals surface area contributed by atoms with Gasteiger partial charge in [-0.2, -0.15) is 0 Å². The van der Waals surface area contributed by atoms with Gasteiger partial charge in [-0.1, -0.05) is 6.08 Å². The van der Waals surface area contributed by atoms with E-state index in [9.17, 15) is 14.7 Å². The van der Waals surface area contributed by atoms with Crippen LogP contribution in [0.1, 0.15) is 19.3 Å². The number of allylic oxidation sites excluding steroid dienone is 1. The summed E-state index contributed by atoms with van der Waals surface area (Å²) < 4.78 is 1.14. The molecule has 6 nitrogen and oxygen atoms in total. The Morgan fingerprint density at radius 3 is 2.62 bits per heavy atom. The molecule has 2 atom stereocenters. The Kier molecular flexibility index (Phi) is 3.97. The fraction of sp³-hybridized carbons (Fsp3) is 0.647. The van der Waals surface area contributed by atoms with E-state index in [0.717, 1.165) is 22.5 Å². The van der Waals surface area contributed by atoms with Crippen molar-refractivity contribution in [3.05, 3.63) is 23.4 Å². The minimum absolute atomic E-state index is 0.124. The van der Waals surface area contributed by atoms with E-state index in [0.29, 0.717) is 5.75 Å². The number of nitrogens with two attached hydrogens (primary N) is 1. The molecule has 130 valence electrons. The number of rotatable bonds is 4. The van der Waals surface area contributed by atoms with Gasteiger partial charge >= 0.3 is 5.97 Å². The highest BCUT2D eigenvalue weighted by molar-refractivity contribution is 8.00. The van der Waals surface area contributed by atoms with Crippen molar-refractivity contribution in [2.45, 2.75) is 30.7 Å². The lowest BCUT2D eigenvalue weighted by Gasteiger charge is -2.49. The van der Waals surface area contributed by atoms with Crippen molar-refractivity contribution in [1.29, 1.82) is 0 Å². The molecule has 0 aromatic rings. The summed E-state index contributed by atoms with van der Waals surface area (Å²) >= 11 is 1.56. The highest BCUT2D eigenvalue weighted by Gasteiger charge is 2.51. The van der Waals surface area contributed by atoms with Crippen LogP contribution in [0.25, 0.3) is 0 Å². The van der Waals surface area contributed by atoms with Gasteiger partial charge < -0.3 is 15.3 Å². The second kappa shape index (κ2) is 5.89. The summed E-state index contributed by atoms with van der Waals surface area (Å²) in [7, 11) is 0. The second-order valence-corrected chi connectivity index (χ2v) is 8.55. The number of hydrogen-bond acceptors (Lipinski definition) is 4. The number of β-lactam (4-membered cyclic amide) rings is 1. The molecular formula is C17H24N3O3S+. The molecule has 1 amide bonds. The van der Waals surface area contributed by atoms with Gasteiger partial charge in [0.05, 0.1) is 26.2 Å². The molecule has 0 unspecified atom stereocenters. The van der Waals surface area contributed by atoms with Gasteiger partial charge in [0.2, 0.25) is 5.91 Å². The normalized spacial score (nSPS) is 38.5. The number of carbonyl (C=O) groups excluding carboxylic acids is 1. The number of aliphatic carboxylic acids is 1. The molecule has 4 saturated heterocycles. The largest absolute Gasteiger partial charge is 0.477 e. The molecule has 0 spiro atoms. The molecule has 2 bridgehead atoms. The fourth-order valence-corrected chi connectivity index (χ4v) is 5.76. The Hall–Kier alpha value is -1.31. The molecule has 0 saturated carbocycles. The summed E-state index contributed by atoms with van der Waals surface area (Å²) in [4.78, 5) is 25.0. The third kappa shape index (κ3) is 2.50. The van der Waals surface area contributed by atoms with Crippen molar-refractivity contribution in [1.82, 2.24) is 4.90 Å². The number of fused-ring (bicyclic) bond motifs is 4. The lowest BCUT2D eigenvalue weighted by atomic mass is 9.86. The first-order valence-corrected chi connectivity index (χ1v) is 9.74. The Morgan fingerprint density at radius 2 is 2.00 bits per heavy atom. The van der Waals surface area contributed by atoms with E-state index in [1.54, 1.807) is 11.8 Å². The summed E-state index contributed by atoms with van der Waals surface area (Å²) in [6.45, 7) is 4.70. The van der Waals surface area contributed by atoms with Crippen LogP contribution in [0.5, 0.6) is 0 Å². The summed E-state index contributed by atoms with van der Waals surface area (Å²) in [6, 6.07) is -0.567. The highest BCUT2D eigenvalue weighted by Crippen LogP contribution is 2.40. The van der Waals surface area contributed by atoms with E-state index >= 15 is 0 Å². The van der Waals surface area contributed by atoms with E-state index in [1.165, 1.54) is 43.8 Å². The Balaban J connectivity index is 1.51. The first kappa shape index (κ1) is 16.2. The molecule has 0 aromatic carbocycles. The third-order valence-corrected chi connectivity index (χ3v) is 7.41. The molecule has 24 heavy (non-hydrogen) atoms. The van der Waals surface area contributed by atoms with Crippen LogP contribution in [-0.4, -0.2) is 69.7 Å². The van der Waals surface area contributed by atoms with Gasteiger partial charge in [-0.05, 0) is 36.8 Å². The van der Waals surface area contributed by atoms with Crippen LogP contribution in [0.4, 0.5) is 0 Å². The predicted molar refractivity (Wildman–Crippen MR) is 91.9 cm³/mol. The Morgan fingerprint density at radius 1 is 1.33 bits per heavy atom. The Labute approximate surface area is 145 Å². The van der Waals surface area contributed by atoms with E-state index < -0.39 is 12.0 Å². The van der Waals surface area contributed by atoms with Crippen LogP contribution < -0.4 is 5.73 Å². The summed E-state index contributed by atoms with van der Waals surface area (Å²) in [5.41, 5.74) is 6.63. The van der Waals surface area contributed by atoms with Crippen molar-refractivity contribution in [2.75, 3.05) is 31.9 Å². The van der Waals surface area contributed by atoms with Crippen molar-refractivity contribution in [3.8, 4) is 0 Å². The molecule has 5 aliphatic heterocycles. The van der Waals surface area contributed by atoms with E-state index in [1.807, 2.05) is 6.08 Å². The number of hydrogen-bond donors (Lipinski definition) is 2. The van der Waals surface area contributed by atoms with Crippen LogP contribution in [0.15, 0.2) is 23.4 Å². The fourth-order valence-electron chi connectivity index (χ4n) is 4.50. The SMILES string of the molecule is N[C@@H]1C(=O)N2C(C(=O)O)=C(/C=C/C[N+]34CCC(CC3)CC4)CS[C@H]12. The number of quaternary nitrogens is 1. The number of piperidine rings is 3. The van der Waals surface area contributed by atoms with Crippen molar-refractivity contribution < 1.29 is 19.2 Å². The summed E-state index contributed by atoms with van der Waals surface area (Å²) in [5, 5.41) is 9.33. The number of carbonyl (C=O) groups is 2. The molecule has 5 rings (SSSR count). The van der Waals surface area contributed by atoms with E-state index in [-0.39, 0.29) is 17.0 Å². The summed E-state index contributed by atoms with van der Waals surface area (Å²) in [6.07, 6.45) is 8.03. The van der Waals surface area contributed by atoms with E-state index in [2.05, 4.69) is 6.08 Å². The van der Waals surface area contributed by atoms with Gasteiger partial charge in [0.15, 0.2) is 0 Å². The first-order valence-electron chi connectivity index (χ1n) is 8.69. The van der Waals surface area contributed by atoms with Crippen LogP contribution in [0.3, 0.4) is 0 Å². The van der Waals surface area contributed by atoms with Gasteiger partial charge in [0, 0.05) is 5.75 Å². The molecule has 0 radical (unpaired) electrons. The van der Waals surface area contributed by atoms with Crippen LogP contribution in [-0.2, 0) is 9.59 Å². The van der Waals surface area contributed by atoms with Crippen molar-refractivity contribution in [2.24, 2.45) is 11.7 Å². The first-order chi connectivity index (χ1) is 11.5. The smallest absolute Gasteiger partial charge is 0.352 e. The zero-order chi connectivity index (χ0) is 16.9. The van der Waals surface area contributed by atoms with Gasteiger partial charge in [-0.25, -0.2) is 4.79 Å². The molecule has 3 N–H and O–H groups in total. The van der Waals surface area contributed by atoms with Gasteiger partial charge in [-0.3, -0.25) is 9.69 Å². The zero-order valence-corrected chi connectivity index (χ0v) is 14.5. The van der Waals surface area contributed by atoms with Crippen molar-refractivity contribution in [3.63, 3.8) is 0 Å². The second-order valence-electron chi connectivity index (χ2n) is 7.44. The standard InChI is InChI=1S/C17H23N3O3S/c18-13-15(21)19-14(17(22)23)12(10-24-16(13)19)2-1-6-20-7-3-11(4-8-20)5-9-20/h1-2,11,13,16H,3-10,18H2/p+1/b2-1+/t11?,13-,16-,20?/m1/s1. The lowest BCUT2D eigenvalue weighted by Crippen LogP contribution is -2.68. The minimum Gasteiger partial charge on any atom is -0.477 e. The number of nitrogens with zero attached hydrogens (tertiary/aromatic N) is 2. The quantitative estimate of drug-likeness (QED) is 0.578. The molecule has 5 aliphatic rings.